The molecule has 0 fully saturated rings. The number of guanidine groups is 1. The molecule has 0 radical (unpaired) electrons. The third kappa shape index (κ3) is 3.25. The highest BCUT2D eigenvalue weighted by Crippen LogP contribution is 1.88. The molecule has 0 heterocycles. The van der Waals surface area contributed by atoms with Crippen LogP contribution in [0, 0.1) is 5.41 Å². The van der Waals surface area contributed by atoms with Gasteiger partial charge >= 0.3 is 5.97 Å². The van der Waals surface area contributed by atoms with Crippen LogP contribution in [0.5, 0.6) is 0 Å². The van der Waals surface area contributed by atoms with Crippen LogP contribution in [0.3, 0.4) is 0 Å². The normalized spacial score (nSPS) is 8.60. The van der Waals surface area contributed by atoms with Crippen molar-refractivity contribution < 1.29 is 9.32 Å². The average Bonchev–Trinajstić information content (AvgIpc) is 1.87. The van der Waals surface area contributed by atoms with Crippen LogP contribution in [0.2, 0.25) is 0 Å². The summed E-state index contributed by atoms with van der Waals surface area (Å²) in [6.45, 7) is -0.00116. The smallest absolute Gasteiger partial charge is 0.327 e. The minimum Gasteiger partial charge on any atom is -0.450 e. The van der Waals surface area contributed by atoms with Crippen LogP contribution in [0.15, 0.2) is 0 Å². The first kappa shape index (κ1) is 9.17. The maximum atomic E-state index is 10.5. The standard InChI is InChI=1S/C4H10N3O2P/c1-7(4(5)6)2-3(8)9-10/h2,10H2,1H3,(H3,5,6). The molecule has 1 atom stereocenters. The summed E-state index contributed by atoms with van der Waals surface area (Å²) in [5.41, 5.74) is 5.03. The zero-order chi connectivity index (χ0) is 8.15. The van der Waals surface area contributed by atoms with Gasteiger partial charge in [-0.3, -0.25) is 5.41 Å². The Balaban J connectivity index is 3.68. The molecule has 0 saturated heterocycles. The average molecular weight is 163 g/mol. The molecule has 58 valence electrons. The number of carbonyl (C=O) groups excluding carboxylic acids is 1. The Kier molecular flexibility index (Phi) is 3.72. The first-order valence-electron chi connectivity index (χ1n) is 2.52. The molecule has 0 rings (SSSR count). The number of likely N-dealkylation sites (N-methyl/N-ethyl adjacent to an activating group) is 1. The Morgan fingerprint density at radius 2 is 2.40 bits per heavy atom. The maximum absolute atomic E-state index is 10.5. The number of nitrogens with two attached hydrogens (primary N) is 1. The number of nitrogens with one attached hydrogen (secondary N) is 1. The van der Waals surface area contributed by atoms with Crippen LogP contribution in [0.4, 0.5) is 0 Å². The van der Waals surface area contributed by atoms with E-state index in [1.54, 1.807) is 0 Å². The highest BCUT2D eigenvalue weighted by molar-refractivity contribution is 7.10. The van der Waals surface area contributed by atoms with E-state index in [1.807, 2.05) is 9.47 Å². The van der Waals surface area contributed by atoms with E-state index in [2.05, 4.69) is 4.52 Å². The first-order valence-corrected chi connectivity index (χ1v) is 2.99. The monoisotopic (exact) mass is 163 g/mol. The Bertz CT molecular complexity index is 149. The minimum atomic E-state index is -0.442. The Labute approximate surface area is 61.3 Å². The van der Waals surface area contributed by atoms with Crippen LogP contribution in [0.25, 0.3) is 0 Å². The fourth-order valence-electron chi connectivity index (χ4n) is 0.316. The van der Waals surface area contributed by atoms with Crippen LogP contribution in [-0.2, 0) is 9.32 Å². The quantitative estimate of drug-likeness (QED) is 0.315. The molecule has 3 N–H and O–H groups in total. The predicted molar refractivity (Wildman–Crippen MR) is 40.3 cm³/mol. The van der Waals surface area contributed by atoms with Gasteiger partial charge in [0.05, 0.1) is 9.47 Å². The molecule has 1 unspecified atom stereocenters. The maximum Gasteiger partial charge on any atom is 0.327 e. The zero-order valence-corrected chi connectivity index (χ0v) is 6.78. The van der Waals surface area contributed by atoms with Crippen molar-refractivity contribution in [3.63, 3.8) is 0 Å². The van der Waals surface area contributed by atoms with Crippen molar-refractivity contribution in [1.29, 1.82) is 5.41 Å². The van der Waals surface area contributed by atoms with Crippen molar-refractivity contribution in [3.8, 4) is 0 Å². The van der Waals surface area contributed by atoms with Gasteiger partial charge < -0.3 is 15.2 Å². The molecule has 0 aromatic heterocycles. The van der Waals surface area contributed by atoms with Crippen molar-refractivity contribution in [2.45, 2.75) is 0 Å². The third-order valence-electron chi connectivity index (χ3n) is 0.909. The molecule has 0 aliphatic carbocycles. The van der Waals surface area contributed by atoms with Gasteiger partial charge in [-0.05, 0) is 0 Å². The molecular formula is C4H10N3O2P. The lowest BCUT2D eigenvalue weighted by atomic mass is 10.6. The summed E-state index contributed by atoms with van der Waals surface area (Å²) in [6, 6.07) is 0. The van der Waals surface area contributed by atoms with E-state index in [4.69, 9.17) is 11.1 Å². The minimum absolute atomic E-state index is 0.00116. The summed E-state index contributed by atoms with van der Waals surface area (Å²) in [4.78, 5) is 11.8. The molecule has 0 aliphatic heterocycles. The molecule has 0 spiro atoms. The van der Waals surface area contributed by atoms with E-state index in [1.165, 1.54) is 11.9 Å². The molecule has 0 amide bonds. The van der Waals surface area contributed by atoms with E-state index in [0.717, 1.165) is 0 Å². The molecular weight excluding hydrogens is 153 g/mol. The lowest BCUT2D eigenvalue weighted by Crippen LogP contribution is -2.36. The van der Waals surface area contributed by atoms with Crippen molar-refractivity contribution >= 4 is 21.4 Å². The number of carbonyl (C=O) groups is 1. The Hall–Kier alpha value is -0.830. The molecule has 10 heavy (non-hydrogen) atoms. The predicted octanol–water partition coefficient (Wildman–Crippen LogP) is -0.855. The molecule has 0 bridgehead atoms. The van der Waals surface area contributed by atoms with Gasteiger partial charge in [-0.1, -0.05) is 0 Å². The van der Waals surface area contributed by atoms with Gasteiger partial charge in [0.2, 0.25) is 0 Å². The highest BCUT2D eigenvalue weighted by Gasteiger charge is 2.05. The summed E-state index contributed by atoms with van der Waals surface area (Å²) in [7, 11) is 3.36. The largest absolute Gasteiger partial charge is 0.450 e. The van der Waals surface area contributed by atoms with E-state index in [-0.39, 0.29) is 12.5 Å². The number of rotatable bonds is 2. The molecule has 5 nitrogen and oxygen atoms in total. The van der Waals surface area contributed by atoms with Gasteiger partial charge in [0, 0.05) is 7.05 Å². The molecule has 0 saturated carbocycles. The topological polar surface area (TPSA) is 79.4 Å². The van der Waals surface area contributed by atoms with E-state index < -0.39 is 5.97 Å². The van der Waals surface area contributed by atoms with Gasteiger partial charge in [-0.2, -0.15) is 0 Å². The van der Waals surface area contributed by atoms with Gasteiger partial charge in [-0.25, -0.2) is 4.79 Å². The number of nitrogens with zero attached hydrogens (tertiary/aromatic N) is 1. The first-order chi connectivity index (χ1) is 4.57. The second-order valence-electron chi connectivity index (χ2n) is 1.73. The second kappa shape index (κ2) is 4.06. The summed E-state index contributed by atoms with van der Waals surface area (Å²) < 4.78 is 4.25. The molecule has 0 aromatic rings. The van der Waals surface area contributed by atoms with Crippen molar-refractivity contribution in [2.24, 2.45) is 5.73 Å². The van der Waals surface area contributed by atoms with Crippen LogP contribution < -0.4 is 5.73 Å². The summed E-state index contributed by atoms with van der Waals surface area (Å²) in [5.74, 6) is -0.599. The Morgan fingerprint density at radius 1 is 1.90 bits per heavy atom. The van der Waals surface area contributed by atoms with Crippen molar-refractivity contribution in [1.82, 2.24) is 4.90 Å². The van der Waals surface area contributed by atoms with Gasteiger partial charge in [-0.15, -0.1) is 0 Å². The summed E-state index contributed by atoms with van der Waals surface area (Å²) in [6.07, 6.45) is 0. The summed E-state index contributed by atoms with van der Waals surface area (Å²) >= 11 is 0. The van der Waals surface area contributed by atoms with Crippen molar-refractivity contribution in [2.75, 3.05) is 13.6 Å². The lowest BCUT2D eigenvalue weighted by molar-refractivity contribution is -0.133. The fourth-order valence-corrected chi connectivity index (χ4v) is 0.391. The number of hydrogen-bond acceptors (Lipinski definition) is 3. The van der Waals surface area contributed by atoms with Crippen LogP contribution >= 0.6 is 9.47 Å². The lowest BCUT2D eigenvalue weighted by Gasteiger charge is -2.13. The van der Waals surface area contributed by atoms with E-state index in [0.29, 0.717) is 0 Å². The van der Waals surface area contributed by atoms with E-state index in [9.17, 15) is 4.79 Å². The zero-order valence-electron chi connectivity index (χ0n) is 5.63. The third-order valence-corrected chi connectivity index (χ3v) is 1.17. The van der Waals surface area contributed by atoms with Gasteiger partial charge in [0.15, 0.2) is 5.96 Å². The molecule has 0 aromatic carbocycles. The molecule has 0 aliphatic rings. The fraction of sp³-hybridized carbons (Fsp3) is 0.500. The van der Waals surface area contributed by atoms with E-state index >= 15 is 0 Å². The Morgan fingerprint density at radius 3 is 2.70 bits per heavy atom. The second-order valence-corrected chi connectivity index (χ2v) is 1.97. The van der Waals surface area contributed by atoms with Crippen LogP contribution in [-0.4, -0.2) is 30.4 Å². The number of hydrogen-bond donors (Lipinski definition) is 2. The molecule has 6 heteroatoms. The SMILES string of the molecule is CN(CC(=O)OP)C(=N)N. The highest BCUT2D eigenvalue weighted by atomic mass is 31.0. The van der Waals surface area contributed by atoms with Crippen LogP contribution in [0.1, 0.15) is 0 Å². The van der Waals surface area contributed by atoms with Crippen molar-refractivity contribution in [3.05, 3.63) is 0 Å². The van der Waals surface area contributed by atoms with Gasteiger partial charge in [0.1, 0.15) is 6.54 Å². The van der Waals surface area contributed by atoms with Gasteiger partial charge in [0.25, 0.3) is 0 Å². The summed E-state index contributed by atoms with van der Waals surface area (Å²) in [5, 5.41) is 6.86.